The van der Waals surface area contributed by atoms with Gasteiger partial charge in [0, 0.05) is 23.2 Å². The number of aromatic nitrogens is 1. The van der Waals surface area contributed by atoms with Gasteiger partial charge in [-0.25, -0.2) is 4.79 Å². The summed E-state index contributed by atoms with van der Waals surface area (Å²) in [5.41, 5.74) is 0.921. The smallest absolute Gasteiger partial charge is 0.334 e. The lowest BCUT2D eigenvalue weighted by atomic mass is 10.1. The number of carbonyl (C=O) groups excluding carboxylic acids is 1. The fourth-order valence-corrected chi connectivity index (χ4v) is 2.70. The van der Waals surface area contributed by atoms with E-state index in [1.165, 1.54) is 4.90 Å². The summed E-state index contributed by atoms with van der Waals surface area (Å²) in [5, 5.41) is 10.2. The number of fused-ring (bicyclic) bond motifs is 1. The minimum atomic E-state index is -1.08. The molecule has 1 aliphatic rings. The lowest BCUT2D eigenvalue weighted by Crippen LogP contribution is -2.48. The Kier molecular flexibility index (Phi) is 3.96. The lowest BCUT2D eigenvalue weighted by Gasteiger charge is -2.31. The van der Waals surface area contributed by atoms with Crippen LogP contribution in [0.5, 0.6) is 0 Å². The fourth-order valence-electron chi connectivity index (χ4n) is 2.47. The number of carboxylic acids is 1. The Hall–Kier alpha value is -2.18. The van der Waals surface area contributed by atoms with Gasteiger partial charge < -0.3 is 14.7 Å². The third kappa shape index (κ3) is 2.75. The number of nitrogens with zero attached hydrogens (tertiary/aromatic N) is 2. The first-order chi connectivity index (χ1) is 10.6. The van der Waals surface area contributed by atoms with Gasteiger partial charge >= 0.3 is 5.97 Å². The molecule has 0 unspecified atom stereocenters. The van der Waals surface area contributed by atoms with Crippen molar-refractivity contribution < 1.29 is 19.4 Å². The van der Waals surface area contributed by atoms with Gasteiger partial charge in [0.15, 0.2) is 6.10 Å². The number of pyridine rings is 1. The zero-order chi connectivity index (χ0) is 15.7. The summed E-state index contributed by atoms with van der Waals surface area (Å²) in [6.45, 7) is 0.535. The van der Waals surface area contributed by atoms with Crippen molar-refractivity contribution in [1.82, 2.24) is 9.88 Å². The van der Waals surface area contributed by atoms with Crippen molar-refractivity contribution in [3.63, 3.8) is 0 Å². The summed E-state index contributed by atoms with van der Waals surface area (Å²) in [6, 6.07) is 6.89. The molecular formula is C15H13ClN2O4. The predicted octanol–water partition coefficient (Wildman–Crippen LogP) is 1.81. The van der Waals surface area contributed by atoms with Crippen LogP contribution in [0.15, 0.2) is 30.5 Å². The number of ether oxygens (including phenoxy) is 1. The van der Waals surface area contributed by atoms with Crippen LogP contribution in [0.2, 0.25) is 5.02 Å². The molecule has 0 spiro atoms. The van der Waals surface area contributed by atoms with Crippen LogP contribution >= 0.6 is 11.6 Å². The number of carbonyl (C=O) groups is 2. The molecule has 114 valence electrons. The molecule has 1 saturated heterocycles. The number of hydrogen-bond donors (Lipinski definition) is 1. The van der Waals surface area contributed by atoms with Crippen molar-refractivity contribution in [3.05, 3.63) is 41.0 Å². The summed E-state index contributed by atoms with van der Waals surface area (Å²) in [5.74, 6) is -1.37. The molecule has 1 atom stereocenters. The second-order valence-corrected chi connectivity index (χ2v) is 5.41. The maximum Gasteiger partial charge on any atom is 0.334 e. The molecule has 1 aliphatic heterocycles. The number of benzene rings is 1. The predicted molar refractivity (Wildman–Crippen MR) is 80.0 cm³/mol. The van der Waals surface area contributed by atoms with Crippen molar-refractivity contribution in [2.24, 2.45) is 0 Å². The molecule has 0 bridgehead atoms. The highest BCUT2D eigenvalue weighted by Crippen LogP contribution is 2.24. The topological polar surface area (TPSA) is 79.7 Å². The second kappa shape index (κ2) is 5.90. The summed E-state index contributed by atoms with van der Waals surface area (Å²) < 4.78 is 5.13. The molecule has 3 rings (SSSR count). The first kappa shape index (κ1) is 14.7. The van der Waals surface area contributed by atoms with E-state index in [1.54, 1.807) is 24.4 Å². The number of aliphatic carboxylic acids is 1. The van der Waals surface area contributed by atoms with Crippen LogP contribution in [0.4, 0.5) is 0 Å². The number of amides is 1. The van der Waals surface area contributed by atoms with Crippen LogP contribution in [0.1, 0.15) is 10.4 Å². The SMILES string of the molecule is O=C(O)[C@H]1CN(C(=O)c2cc(Cl)cc3cccnc23)CCO1. The van der Waals surface area contributed by atoms with Gasteiger partial charge in [-0.15, -0.1) is 0 Å². The van der Waals surface area contributed by atoms with Crippen molar-refractivity contribution in [1.29, 1.82) is 0 Å². The second-order valence-electron chi connectivity index (χ2n) is 4.98. The van der Waals surface area contributed by atoms with Crippen molar-refractivity contribution in [2.75, 3.05) is 19.7 Å². The minimum absolute atomic E-state index is 0.00894. The van der Waals surface area contributed by atoms with E-state index in [0.717, 1.165) is 5.39 Å². The molecule has 7 heteroatoms. The van der Waals surface area contributed by atoms with Gasteiger partial charge in [0.25, 0.3) is 5.91 Å². The number of morpholine rings is 1. The largest absolute Gasteiger partial charge is 0.479 e. The molecule has 0 radical (unpaired) electrons. The van der Waals surface area contributed by atoms with Gasteiger partial charge in [-0.3, -0.25) is 9.78 Å². The summed E-state index contributed by atoms with van der Waals surface area (Å²) >= 11 is 6.07. The molecule has 0 saturated carbocycles. The van der Waals surface area contributed by atoms with Gasteiger partial charge in [0.05, 0.1) is 24.2 Å². The molecule has 1 amide bonds. The number of halogens is 1. The van der Waals surface area contributed by atoms with Gasteiger partial charge in [0.2, 0.25) is 0 Å². The maximum atomic E-state index is 12.7. The van der Waals surface area contributed by atoms with Crippen molar-refractivity contribution >= 4 is 34.4 Å². The first-order valence-corrected chi connectivity index (χ1v) is 7.12. The van der Waals surface area contributed by atoms with E-state index in [9.17, 15) is 9.59 Å². The zero-order valence-electron chi connectivity index (χ0n) is 11.5. The quantitative estimate of drug-likeness (QED) is 0.913. The summed E-state index contributed by atoms with van der Waals surface area (Å²) in [7, 11) is 0. The normalized spacial score (nSPS) is 18.4. The van der Waals surface area contributed by atoms with Gasteiger partial charge in [0.1, 0.15) is 0 Å². The molecule has 6 nitrogen and oxygen atoms in total. The Morgan fingerprint density at radius 3 is 3.00 bits per heavy atom. The van der Waals surface area contributed by atoms with Crippen LogP contribution < -0.4 is 0 Å². The van der Waals surface area contributed by atoms with E-state index in [2.05, 4.69) is 4.98 Å². The number of carboxylic acid groups (broad SMARTS) is 1. The Labute approximate surface area is 131 Å². The van der Waals surface area contributed by atoms with Gasteiger partial charge in [-0.05, 0) is 18.2 Å². The van der Waals surface area contributed by atoms with E-state index in [-0.39, 0.29) is 19.1 Å². The molecular weight excluding hydrogens is 308 g/mol. The molecule has 2 heterocycles. The molecule has 1 aromatic heterocycles. The standard InChI is InChI=1S/C15H13ClN2O4/c16-10-6-9-2-1-3-17-13(9)11(7-10)14(19)18-4-5-22-12(8-18)15(20)21/h1-3,6-7,12H,4-5,8H2,(H,20,21)/t12-/m1/s1. The lowest BCUT2D eigenvalue weighted by molar-refractivity contribution is -0.154. The summed E-state index contributed by atoms with van der Waals surface area (Å²) in [4.78, 5) is 29.4. The van der Waals surface area contributed by atoms with Gasteiger partial charge in [-0.1, -0.05) is 17.7 Å². The molecule has 2 aromatic rings. The highest BCUT2D eigenvalue weighted by atomic mass is 35.5. The monoisotopic (exact) mass is 320 g/mol. The van der Waals surface area contributed by atoms with E-state index >= 15 is 0 Å². The molecule has 22 heavy (non-hydrogen) atoms. The van der Waals surface area contributed by atoms with Crippen LogP contribution in [0, 0.1) is 0 Å². The maximum absolute atomic E-state index is 12.7. The average molecular weight is 321 g/mol. The minimum Gasteiger partial charge on any atom is -0.479 e. The van der Waals surface area contributed by atoms with E-state index in [4.69, 9.17) is 21.4 Å². The summed E-state index contributed by atoms with van der Waals surface area (Å²) in [6.07, 6.45) is 0.600. The molecule has 1 fully saturated rings. The highest BCUT2D eigenvalue weighted by molar-refractivity contribution is 6.32. The average Bonchev–Trinajstić information content (AvgIpc) is 2.53. The molecule has 0 aliphatic carbocycles. The Balaban J connectivity index is 1.97. The Morgan fingerprint density at radius 2 is 2.23 bits per heavy atom. The third-order valence-corrected chi connectivity index (χ3v) is 3.75. The van der Waals surface area contributed by atoms with Crippen LogP contribution in [0.3, 0.4) is 0 Å². The van der Waals surface area contributed by atoms with Crippen molar-refractivity contribution in [3.8, 4) is 0 Å². The molecule has 1 N–H and O–H groups in total. The van der Waals surface area contributed by atoms with Crippen LogP contribution in [0.25, 0.3) is 10.9 Å². The fraction of sp³-hybridized carbons (Fsp3) is 0.267. The number of hydrogen-bond acceptors (Lipinski definition) is 4. The van der Waals surface area contributed by atoms with E-state index < -0.39 is 12.1 Å². The molecule has 1 aromatic carbocycles. The van der Waals surface area contributed by atoms with E-state index in [1.807, 2.05) is 6.07 Å². The van der Waals surface area contributed by atoms with Gasteiger partial charge in [-0.2, -0.15) is 0 Å². The highest BCUT2D eigenvalue weighted by Gasteiger charge is 2.30. The zero-order valence-corrected chi connectivity index (χ0v) is 12.3. The van der Waals surface area contributed by atoms with Crippen molar-refractivity contribution in [2.45, 2.75) is 6.10 Å². The first-order valence-electron chi connectivity index (χ1n) is 6.74. The Morgan fingerprint density at radius 1 is 1.41 bits per heavy atom. The Bertz CT molecular complexity index is 749. The van der Waals surface area contributed by atoms with Crippen LogP contribution in [-0.4, -0.2) is 52.7 Å². The third-order valence-electron chi connectivity index (χ3n) is 3.53. The van der Waals surface area contributed by atoms with Crippen LogP contribution in [-0.2, 0) is 9.53 Å². The van der Waals surface area contributed by atoms with E-state index in [0.29, 0.717) is 22.6 Å². The number of rotatable bonds is 2.